The summed E-state index contributed by atoms with van der Waals surface area (Å²) in [5, 5.41) is 3.17. The van der Waals surface area contributed by atoms with Crippen LogP contribution in [-0.4, -0.2) is 41.7 Å². The molecule has 1 N–H and O–H groups in total. The smallest absolute Gasteiger partial charge is 0.306 e. The van der Waals surface area contributed by atoms with Gasteiger partial charge in [0.2, 0.25) is 0 Å². The molecule has 7 nitrogen and oxygen atoms in total. The maximum atomic E-state index is 12.2. The van der Waals surface area contributed by atoms with Crippen LogP contribution < -0.4 is 5.32 Å². The van der Waals surface area contributed by atoms with Gasteiger partial charge in [-0.05, 0) is 36.8 Å². The van der Waals surface area contributed by atoms with Gasteiger partial charge >= 0.3 is 5.97 Å². The number of amides is 3. The number of hydrogen-bond donors (Lipinski definition) is 1. The highest BCUT2D eigenvalue weighted by Gasteiger charge is 2.34. The zero-order valence-corrected chi connectivity index (χ0v) is 16.6. The van der Waals surface area contributed by atoms with Crippen LogP contribution in [0.4, 0.5) is 5.69 Å². The number of nitrogens with zero attached hydrogens (tertiary/aromatic N) is 1. The predicted molar refractivity (Wildman–Crippen MR) is 107 cm³/mol. The van der Waals surface area contributed by atoms with Crippen molar-refractivity contribution >= 4 is 52.6 Å². The number of benzene rings is 2. The van der Waals surface area contributed by atoms with Gasteiger partial charge in [-0.1, -0.05) is 35.3 Å². The average Bonchev–Trinajstić information content (AvgIpc) is 2.94. The van der Waals surface area contributed by atoms with Crippen molar-refractivity contribution in [3.63, 3.8) is 0 Å². The van der Waals surface area contributed by atoms with Gasteiger partial charge in [0.05, 0.1) is 21.2 Å². The van der Waals surface area contributed by atoms with E-state index < -0.39 is 18.5 Å². The van der Waals surface area contributed by atoms with E-state index in [-0.39, 0.29) is 36.2 Å². The fourth-order valence-electron chi connectivity index (χ4n) is 2.81. The standard InChI is InChI=1S/C20H16Cl2N2O5/c21-15-8-7-12(10-16(15)22)23-17(25)11-29-18(26)6-3-9-24-19(27)13-4-1-2-5-14(13)20(24)28/h1-2,4-5,7-8,10H,3,6,9,11H2,(H,23,25). The molecule has 1 aliphatic rings. The average molecular weight is 435 g/mol. The summed E-state index contributed by atoms with van der Waals surface area (Å²) in [6.07, 6.45) is 0.201. The Morgan fingerprint density at radius 2 is 1.62 bits per heavy atom. The van der Waals surface area contributed by atoms with Crippen LogP contribution >= 0.6 is 23.2 Å². The molecule has 2 aromatic rings. The van der Waals surface area contributed by atoms with Crippen molar-refractivity contribution in [1.29, 1.82) is 0 Å². The van der Waals surface area contributed by atoms with Crippen molar-refractivity contribution in [3.8, 4) is 0 Å². The molecule has 0 saturated heterocycles. The molecule has 150 valence electrons. The summed E-state index contributed by atoms with van der Waals surface area (Å²) in [5.74, 6) is -1.89. The van der Waals surface area contributed by atoms with E-state index in [9.17, 15) is 19.2 Å². The molecule has 2 aromatic carbocycles. The first-order valence-electron chi connectivity index (χ1n) is 8.72. The molecule has 0 saturated carbocycles. The Bertz CT molecular complexity index is 958. The summed E-state index contributed by atoms with van der Waals surface area (Å²) in [5.41, 5.74) is 1.14. The van der Waals surface area contributed by atoms with E-state index >= 15 is 0 Å². The number of anilines is 1. The fourth-order valence-corrected chi connectivity index (χ4v) is 3.11. The lowest BCUT2D eigenvalue weighted by Crippen LogP contribution is -2.31. The lowest BCUT2D eigenvalue weighted by molar-refractivity contribution is -0.147. The molecule has 0 atom stereocenters. The van der Waals surface area contributed by atoms with Crippen LogP contribution in [0, 0.1) is 0 Å². The lowest BCUT2D eigenvalue weighted by atomic mass is 10.1. The topological polar surface area (TPSA) is 92.8 Å². The van der Waals surface area contributed by atoms with Gasteiger partial charge in [-0.3, -0.25) is 24.1 Å². The first-order valence-corrected chi connectivity index (χ1v) is 9.48. The van der Waals surface area contributed by atoms with Crippen LogP contribution in [0.25, 0.3) is 0 Å². The van der Waals surface area contributed by atoms with Gasteiger partial charge in [-0.2, -0.15) is 0 Å². The first-order chi connectivity index (χ1) is 13.9. The number of carbonyl (C=O) groups excluding carboxylic acids is 4. The van der Waals surface area contributed by atoms with Crippen LogP contribution in [0.15, 0.2) is 42.5 Å². The highest BCUT2D eigenvalue weighted by Crippen LogP contribution is 2.25. The van der Waals surface area contributed by atoms with E-state index in [0.717, 1.165) is 4.90 Å². The molecule has 0 radical (unpaired) electrons. The molecule has 29 heavy (non-hydrogen) atoms. The summed E-state index contributed by atoms with van der Waals surface area (Å²) in [7, 11) is 0. The minimum atomic E-state index is -0.606. The molecule has 3 rings (SSSR count). The Labute approximate surface area is 176 Å². The van der Waals surface area contributed by atoms with Crippen molar-refractivity contribution in [2.45, 2.75) is 12.8 Å². The molecule has 0 unspecified atom stereocenters. The zero-order valence-electron chi connectivity index (χ0n) is 15.1. The van der Waals surface area contributed by atoms with Gasteiger partial charge < -0.3 is 10.1 Å². The third-order valence-electron chi connectivity index (χ3n) is 4.21. The van der Waals surface area contributed by atoms with Crippen LogP contribution in [0.3, 0.4) is 0 Å². The van der Waals surface area contributed by atoms with Gasteiger partial charge in [0, 0.05) is 18.7 Å². The van der Waals surface area contributed by atoms with Crippen molar-refractivity contribution in [2.75, 3.05) is 18.5 Å². The molecular formula is C20H16Cl2N2O5. The zero-order chi connectivity index (χ0) is 21.0. The molecule has 1 heterocycles. The number of halogens is 2. The number of ether oxygens (including phenoxy) is 1. The number of hydrogen-bond acceptors (Lipinski definition) is 5. The van der Waals surface area contributed by atoms with Gasteiger partial charge in [-0.25, -0.2) is 0 Å². The van der Waals surface area contributed by atoms with E-state index in [1.165, 1.54) is 12.1 Å². The highest BCUT2D eigenvalue weighted by molar-refractivity contribution is 6.42. The second-order valence-corrected chi connectivity index (χ2v) is 7.06. The van der Waals surface area contributed by atoms with Crippen LogP contribution in [0.2, 0.25) is 10.0 Å². The number of rotatable bonds is 7. The monoisotopic (exact) mass is 434 g/mol. The van der Waals surface area contributed by atoms with Crippen LogP contribution in [-0.2, 0) is 14.3 Å². The SMILES string of the molecule is O=C(COC(=O)CCCN1C(=O)c2ccccc2C1=O)Nc1ccc(Cl)c(Cl)c1. The quantitative estimate of drug-likeness (QED) is 0.531. The molecule has 9 heteroatoms. The molecule has 1 aliphatic heterocycles. The minimum Gasteiger partial charge on any atom is -0.456 e. The maximum Gasteiger partial charge on any atom is 0.306 e. The first kappa shape index (κ1) is 20.8. The number of imide groups is 1. The van der Waals surface area contributed by atoms with Crippen molar-refractivity contribution in [2.24, 2.45) is 0 Å². The Hall–Kier alpha value is -2.90. The largest absolute Gasteiger partial charge is 0.456 e. The van der Waals surface area contributed by atoms with Gasteiger partial charge in [0.25, 0.3) is 17.7 Å². The molecule has 0 fully saturated rings. The number of fused-ring (bicyclic) bond motifs is 1. The van der Waals surface area contributed by atoms with E-state index in [2.05, 4.69) is 5.32 Å². The van der Waals surface area contributed by atoms with Gasteiger partial charge in [0.1, 0.15) is 0 Å². The lowest BCUT2D eigenvalue weighted by Gasteiger charge is -2.13. The predicted octanol–water partition coefficient (Wildman–Crippen LogP) is 3.55. The van der Waals surface area contributed by atoms with Crippen molar-refractivity contribution < 1.29 is 23.9 Å². The van der Waals surface area contributed by atoms with Gasteiger partial charge in [-0.15, -0.1) is 0 Å². The Balaban J connectivity index is 1.40. The molecular weight excluding hydrogens is 419 g/mol. The van der Waals surface area contributed by atoms with Crippen LogP contribution in [0.1, 0.15) is 33.6 Å². The summed E-state index contributed by atoms with van der Waals surface area (Å²) < 4.78 is 4.91. The Morgan fingerprint density at radius 1 is 0.966 bits per heavy atom. The third-order valence-corrected chi connectivity index (χ3v) is 4.95. The second kappa shape index (κ2) is 9.07. The third kappa shape index (κ3) is 4.93. The van der Waals surface area contributed by atoms with E-state index in [4.69, 9.17) is 27.9 Å². The number of nitrogens with one attached hydrogen (secondary N) is 1. The normalized spacial score (nSPS) is 12.7. The van der Waals surface area contributed by atoms with Crippen molar-refractivity contribution in [1.82, 2.24) is 4.90 Å². The van der Waals surface area contributed by atoms with E-state index in [1.807, 2.05) is 0 Å². The van der Waals surface area contributed by atoms with Gasteiger partial charge in [0.15, 0.2) is 6.61 Å². The molecule has 0 spiro atoms. The molecule has 3 amide bonds. The Kier molecular flexibility index (Phi) is 6.51. The minimum absolute atomic E-state index is 0.0343. The molecule has 0 bridgehead atoms. The summed E-state index contributed by atoms with van der Waals surface area (Å²) >= 11 is 11.7. The van der Waals surface area contributed by atoms with Crippen LogP contribution in [0.5, 0.6) is 0 Å². The summed E-state index contributed by atoms with van der Waals surface area (Å²) in [6, 6.07) is 11.1. The second-order valence-electron chi connectivity index (χ2n) is 6.25. The highest BCUT2D eigenvalue weighted by atomic mass is 35.5. The maximum absolute atomic E-state index is 12.2. The Morgan fingerprint density at radius 3 is 2.24 bits per heavy atom. The molecule has 0 aromatic heterocycles. The molecule has 0 aliphatic carbocycles. The summed E-state index contributed by atoms with van der Waals surface area (Å²) in [6.45, 7) is -0.372. The van der Waals surface area contributed by atoms with Crippen molar-refractivity contribution in [3.05, 3.63) is 63.6 Å². The number of esters is 1. The number of carbonyl (C=O) groups is 4. The summed E-state index contributed by atoms with van der Waals surface area (Å²) in [4.78, 5) is 49.2. The fraction of sp³-hybridized carbons (Fsp3) is 0.200. The van der Waals surface area contributed by atoms with E-state index in [1.54, 1.807) is 30.3 Å². The van der Waals surface area contributed by atoms with E-state index in [0.29, 0.717) is 21.8 Å².